The Labute approximate surface area is 156 Å². The molecular formula is C18H22ClF2N3O2. The van der Waals surface area contributed by atoms with Crippen LogP contribution in [0.2, 0.25) is 5.02 Å². The maximum absolute atomic E-state index is 14.6. The number of rotatable bonds is 3. The Balaban J connectivity index is 1.84. The first-order valence-corrected chi connectivity index (χ1v) is 9.01. The summed E-state index contributed by atoms with van der Waals surface area (Å²) in [6.07, 6.45) is 1.60. The second-order valence-electron chi connectivity index (χ2n) is 7.80. The summed E-state index contributed by atoms with van der Waals surface area (Å²) in [6, 6.07) is 1.38. The highest BCUT2D eigenvalue weighted by Gasteiger charge is 2.43. The molecule has 3 amide bonds. The van der Waals surface area contributed by atoms with Crippen molar-refractivity contribution in [3.63, 3.8) is 0 Å². The summed E-state index contributed by atoms with van der Waals surface area (Å²) in [5.74, 6) is -1.90. The summed E-state index contributed by atoms with van der Waals surface area (Å²) in [5, 5.41) is 4.92. The molecular weight excluding hydrogens is 364 g/mol. The van der Waals surface area contributed by atoms with Crippen molar-refractivity contribution < 1.29 is 18.4 Å². The average Bonchev–Trinajstić information content (AvgIpc) is 2.56. The van der Waals surface area contributed by atoms with Crippen molar-refractivity contribution in [1.29, 1.82) is 0 Å². The molecule has 8 heteroatoms. The van der Waals surface area contributed by atoms with Gasteiger partial charge in [0.05, 0.1) is 6.04 Å². The molecule has 0 unspecified atom stereocenters. The highest BCUT2D eigenvalue weighted by molar-refractivity contribution is 6.31. The molecule has 0 radical (unpaired) electrons. The molecule has 0 aromatic heterocycles. The van der Waals surface area contributed by atoms with Crippen molar-refractivity contribution >= 4 is 23.5 Å². The van der Waals surface area contributed by atoms with Crippen LogP contribution >= 0.6 is 11.6 Å². The van der Waals surface area contributed by atoms with Crippen molar-refractivity contribution in [1.82, 2.24) is 15.5 Å². The largest absolute Gasteiger partial charge is 0.353 e. The fourth-order valence-corrected chi connectivity index (χ4v) is 4.03. The zero-order chi connectivity index (χ0) is 19.1. The first-order chi connectivity index (χ1) is 12.2. The number of carbonyl (C=O) groups is 2. The number of amides is 3. The van der Waals surface area contributed by atoms with Gasteiger partial charge in [0.2, 0.25) is 5.91 Å². The second-order valence-corrected chi connectivity index (χ2v) is 8.17. The van der Waals surface area contributed by atoms with E-state index in [1.807, 2.05) is 0 Å². The number of hydrogen-bond acceptors (Lipinski definition) is 2. The maximum Gasteiger partial charge on any atom is 0.318 e. The van der Waals surface area contributed by atoms with Gasteiger partial charge in [0.15, 0.2) is 0 Å². The van der Waals surface area contributed by atoms with Gasteiger partial charge in [0, 0.05) is 18.7 Å². The summed E-state index contributed by atoms with van der Waals surface area (Å²) in [7, 11) is 0. The number of hydrogen-bond donors (Lipinski definition) is 2. The first kappa shape index (κ1) is 18.9. The standard InChI is InChI=1S/C18H22ClF2N3O2/c1-18(2)7-10(8-18)16(11-3-4-12(20)14(19)15(11)21)23-17(26)24-6-5-22-13(25)9-24/h3-4,10,16H,5-9H2,1-2H3,(H,22,25)(H,23,26)/t16-/m1/s1. The first-order valence-electron chi connectivity index (χ1n) is 8.63. The van der Waals surface area contributed by atoms with E-state index in [9.17, 15) is 18.4 Å². The van der Waals surface area contributed by atoms with Crippen LogP contribution in [0.25, 0.3) is 0 Å². The Morgan fingerprint density at radius 2 is 2.08 bits per heavy atom. The van der Waals surface area contributed by atoms with Crippen LogP contribution < -0.4 is 10.6 Å². The van der Waals surface area contributed by atoms with Gasteiger partial charge in [-0.3, -0.25) is 4.79 Å². The fourth-order valence-electron chi connectivity index (χ4n) is 3.86. The Kier molecular flexibility index (Phi) is 5.10. The van der Waals surface area contributed by atoms with Gasteiger partial charge in [-0.25, -0.2) is 13.6 Å². The van der Waals surface area contributed by atoms with E-state index >= 15 is 0 Å². The Bertz CT molecular complexity index is 733. The lowest BCUT2D eigenvalue weighted by atomic mass is 9.61. The van der Waals surface area contributed by atoms with Gasteiger partial charge in [-0.05, 0) is 30.2 Å². The molecule has 1 heterocycles. The SMILES string of the molecule is CC1(C)CC([C@@H](NC(=O)N2CCNC(=O)C2)c2ccc(F)c(Cl)c2F)C1. The zero-order valence-corrected chi connectivity index (χ0v) is 15.5. The lowest BCUT2D eigenvalue weighted by molar-refractivity contribution is -0.123. The van der Waals surface area contributed by atoms with Crippen LogP contribution in [0, 0.1) is 23.0 Å². The normalized spacial score (nSPS) is 21.0. The molecule has 5 nitrogen and oxygen atoms in total. The number of nitrogens with one attached hydrogen (secondary N) is 2. The van der Waals surface area contributed by atoms with E-state index in [0.717, 1.165) is 18.9 Å². The highest BCUT2D eigenvalue weighted by atomic mass is 35.5. The molecule has 26 heavy (non-hydrogen) atoms. The van der Waals surface area contributed by atoms with E-state index in [-0.39, 0.29) is 29.3 Å². The van der Waals surface area contributed by atoms with Gasteiger partial charge in [-0.15, -0.1) is 0 Å². The Morgan fingerprint density at radius 3 is 2.69 bits per heavy atom. The van der Waals surface area contributed by atoms with Crippen molar-refractivity contribution in [2.75, 3.05) is 19.6 Å². The third-order valence-corrected chi connectivity index (χ3v) is 5.45. The van der Waals surface area contributed by atoms with Gasteiger partial charge >= 0.3 is 6.03 Å². The Hall–Kier alpha value is -1.89. The summed E-state index contributed by atoms with van der Waals surface area (Å²) in [4.78, 5) is 25.5. The molecule has 1 aliphatic carbocycles. The van der Waals surface area contributed by atoms with Crippen LogP contribution in [0.5, 0.6) is 0 Å². The number of nitrogens with zero attached hydrogens (tertiary/aromatic N) is 1. The summed E-state index contributed by atoms with van der Waals surface area (Å²) < 4.78 is 28.1. The number of urea groups is 1. The lowest BCUT2D eigenvalue weighted by Crippen LogP contribution is -2.54. The lowest BCUT2D eigenvalue weighted by Gasteiger charge is -2.47. The quantitative estimate of drug-likeness (QED) is 0.785. The molecule has 0 spiro atoms. The van der Waals surface area contributed by atoms with Gasteiger partial charge in [0.1, 0.15) is 23.2 Å². The van der Waals surface area contributed by atoms with Gasteiger partial charge in [-0.1, -0.05) is 31.5 Å². The number of benzene rings is 1. The van der Waals surface area contributed by atoms with E-state index in [1.165, 1.54) is 11.0 Å². The maximum atomic E-state index is 14.6. The second kappa shape index (κ2) is 7.02. The van der Waals surface area contributed by atoms with Crippen LogP contribution in [0.4, 0.5) is 13.6 Å². The van der Waals surface area contributed by atoms with Crippen LogP contribution in [-0.4, -0.2) is 36.5 Å². The van der Waals surface area contributed by atoms with Crippen LogP contribution in [0.15, 0.2) is 12.1 Å². The monoisotopic (exact) mass is 385 g/mol. The van der Waals surface area contributed by atoms with E-state index in [2.05, 4.69) is 24.5 Å². The molecule has 1 aromatic rings. The summed E-state index contributed by atoms with van der Waals surface area (Å²) in [5.41, 5.74) is 0.283. The summed E-state index contributed by atoms with van der Waals surface area (Å²) >= 11 is 5.73. The molecule has 3 rings (SSSR count). The van der Waals surface area contributed by atoms with E-state index < -0.39 is 28.7 Å². The van der Waals surface area contributed by atoms with Crippen molar-refractivity contribution in [2.45, 2.75) is 32.7 Å². The van der Waals surface area contributed by atoms with Crippen LogP contribution in [0.1, 0.15) is 38.3 Å². The highest BCUT2D eigenvalue weighted by Crippen LogP contribution is 2.50. The van der Waals surface area contributed by atoms with Crippen molar-refractivity contribution in [3.8, 4) is 0 Å². The molecule has 1 saturated carbocycles. The molecule has 1 aliphatic heterocycles. The molecule has 2 N–H and O–H groups in total. The van der Waals surface area contributed by atoms with E-state index in [0.29, 0.717) is 13.1 Å². The van der Waals surface area contributed by atoms with E-state index in [4.69, 9.17) is 11.6 Å². The molecule has 1 atom stereocenters. The van der Waals surface area contributed by atoms with Gasteiger partial charge in [0.25, 0.3) is 0 Å². The molecule has 142 valence electrons. The molecule has 1 aromatic carbocycles. The minimum Gasteiger partial charge on any atom is -0.353 e. The van der Waals surface area contributed by atoms with Crippen LogP contribution in [0.3, 0.4) is 0 Å². The van der Waals surface area contributed by atoms with Crippen molar-refractivity contribution in [3.05, 3.63) is 34.4 Å². The zero-order valence-electron chi connectivity index (χ0n) is 14.7. The summed E-state index contributed by atoms with van der Waals surface area (Å²) in [6.45, 7) is 4.93. The Morgan fingerprint density at radius 1 is 1.38 bits per heavy atom. The molecule has 1 saturated heterocycles. The topological polar surface area (TPSA) is 61.4 Å². The minimum atomic E-state index is -0.849. The molecule has 2 aliphatic rings. The fraction of sp³-hybridized carbons (Fsp3) is 0.556. The average molecular weight is 386 g/mol. The number of piperazine rings is 1. The number of carbonyl (C=O) groups excluding carboxylic acids is 2. The third-order valence-electron chi connectivity index (χ3n) is 5.11. The van der Waals surface area contributed by atoms with E-state index in [1.54, 1.807) is 0 Å². The third kappa shape index (κ3) is 3.77. The molecule has 2 fully saturated rings. The predicted octanol–water partition coefficient (Wildman–Crippen LogP) is 3.24. The smallest absolute Gasteiger partial charge is 0.318 e. The minimum absolute atomic E-state index is 0.0172. The number of halogens is 3. The van der Waals surface area contributed by atoms with Crippen LogP contribution in [-0.2, 0) is 4.79 Å². The van der Waals surface area contributed by atoms with Gasteiger partial charge < -0.3 is 15.5 Å². The van der Waals surface area contributed by atoms with Gasteiger partial charge in [-0.2, -0.15) is 0 Å². The molecule has 0 bridgehead atoms. The van der Waals surface area contributed by atoms with Crippen molar-refractivity contribution in [2.24, 2.45) is 11.3 Å². The predicted molar refractivity (Wildman–Crippen MR) is 93.7 cm³/mol.